The van der Waals surface area contributed by atoms with Gasteiger partial charge in [-0.05, 0) is 50.1 Å². The van der Waals surface area contributed by atoms with Crippen molar-refractivity contribution in [2.75, 3.05) is 38.2 Å². The van der Waals surface area contributed by atoms with Crippen molar-refractivity contribution in [3.63, 3.8) is 0 Å². The first-order chi connectivity index (χ1) is 15.6. The lowest BCUT2D eigenvalue weighted by molar-refractivity contribution is -0.135. The van der Waals surface area contributed by atoms with Gasteiger partial charge in [0.05, 0.1) is 31.0 Å². The molecule has 0 radical (unpaired) electrons. The summed E-state index contributed by atoms with van der Waals surface area (Å²) in [4.78, 5) is 52.0. The Morgan fingerprint density at radius 1 is 1.09 bits per heavy atom. The summed E-state index contributed by atoms with van der Waals surface area (Å²) in [6, 6.07) is 4.21. The Balaban J connectivity index is 1.73. The highest BCUT2D eigenvalue weighted by Gasteiger charge is 2.29. The largest absolute Gasteiger partial charge is 0.378 e. The van der Waals surface area contributed by atoms with E-state index >= 15 is 0 Å². The van der Waals surface area contributed by atoms with Crippen LogP contribution < -0.4 is 10.6 Å². The SMILES string of the molecule is Cc1cc(NC(=O)c2c(C)c(C(=O)C(=O)NCC(=O)N3CCOCC3)n(C)c2C)ccc1F. The lowest BCUT2D eigenvalue weighted by atomic mass is 10.1. The number of ketones is 1. The van der Waals surface area contributed by atoms with Crippen molar-refractivity contribution < 1.29 is 28.3 Å². The second-order valence-corrected chi connectivity index (χ2v) is 7.92. The van der Waals surface area contributed by atoms with Crippen LogP contribution in [0.25, 0.3) is 0 Å². The monoisotopic (exact) mass is 458 g/mol. The van der Waals surface area contributed by atoms with E-state index in [4.69, 9.17) is 4.74 Å². The lowest BCUT2D eigenvalue weighted by Gasteiger charge is -2.26. The van der Waals surface area contributed by atoms with Gasteiger partial charge >= 0.3 is 0 Å². The molecule has 1 saturated heterocycles. The van der Waals surface area contributed by atoms with Crippen LogP contribution in [0.5, 0.6) is 0 Å². The highest BCUT2D eigenvalue weighted by atomic mass is 19.1. The van der Waals surface area contributed by atoms with Gasteiger partial charge in [-0.15, -0.1) is 0 Å². The van der Waals surface area contributed by atoms with Crippen LogP contribution in [0.3, 0.4) is 0 Å². The van der Waals surface area contributed by atoms with Gasteiger partial charge in [0.2, 0.25) is 5.91 Å². The number of aromatic nitrogens is 1. The van der Waals surface area contributed by atoms with Gasteiger partial charge in [0.25, 0.3) is 17.6 Å². The molecule has 2 aromatic rings. The topological polar surface area (TPSA) is 110 Å². The molecule has 0 aliphatic carbocycles. The maximum Gasteiger partial charge on any atom is 0.294 e. The van der Waals surface area contributed by atoms with Crippen LogP contribution in [0.2, 0.25) is 0 Å². The maximum atomic E-state index is 13.5. The Morgan fingerprint density at radius 2 is 1.76 bits per heavy atom. The van der Waals surface area contributed by atoms with Crippen LogP contribution >= 0.6 is 0 Å². The van der Waals surface area contributed by atoms with E-state index in [1.54, 1.807) is 32.7 Å². The molecule has 1 aromatic carbocycles. The lowest BCUT2D eigenvalue weighted by Crippen LogP contribution is -2.46. The van der Waals surface area contributed by atoms with E-state index in [2.05, 4.69) is 10.6 Å². The van der Waals surface area contributed by atoms with E-state index in [1.807, 2.05) is 0 Å². The molecule has 0 bridgehead atoms. The fourth-order valence-electron chi connectivity index (χ4n) is 3.82. The number of benzene rings is 1. The number of hydrogen-bond acceptors (Lipinski definition) is 5. The molecule has 0 unspecified atom stereocenters. The van der Waals surface area contributed by atoms with Gasteiger partial charge in [-0.3, -0.25) is 19.2 Å². The number of hydrogen-bond donors (Lipinski definition) is 2. The minimum Gasteiger partial charge on any atom is -0.378 e. The fourth-order valence-corrected chi connectivity index (χ4v) is 3.82. The summed E-state index contributed by atoms with van der Waals surface area (Å²) in [5.74, 6) is -2.93. The van der Waals surface area contributed by atoms with Gasteiger partial charge < -0.3 is 24.8 Å². The fraction of sp³-hybridized carbons (Fsp3) is 0.391. The van der Waals surface area contributed by atoms with E-state index in [0.717, 1.165) is 0 Å². The molecule has 1 fully saturated rings. The number of carbonyl (C=O) groups excluding carboxylic acids is 4. The molecule has 2 heterocycles. The number of anilines is 1. The minimum absolute atomic E-state index is 0.0595. The van der Waals surface area contributed by atoms with Crippen LogP contribution in [0.4, 0.5) is 10.1 Å². The van der Waals surface area contributed by atoms with Gasteiger partial charge in [0, 0.05) is 31.5 Å². The number of nitrogens with one attached hydrogen (secondary N) is 2. The summed E-state index contributed by atoms with van der Waals surface area (Å²) < 4.78 is 20.2. The average molecular weight is 458 g/mol. The van der Waals surface area contributed by atoms with Crippen LogP contribution in [-0.2, 0) is 21.4 Å². The summed E-state index contributed by atoms with van der Waals surface area (Å²) in [6.07, 6.45) is 0. The second-order valence-electron chi connectivity index (χ2n) is 7.92. The molecule has 176 valence electrons. The Labute approximate surface area is 190 Å². The van der Waals surface area contributed by atoms with E-state index < -0.39 is 17.6 Å². The first-order valence-corrected chi connectivity index (χ1v) is 10.5. The standard InChI is InChI=1S/C23H27FN4O5/c1-13-11-16(5-6-17(13)24)26-22(31)19-14(2)20(27(4)15(19)3)21(30)23(32)25-12-18(29)28-7-9-33-10-8-28/h5-6,11H,7-10,12H2,1-4H3,(H,25,32)(H,26,31). The normalized spacial score (nSPS) is 13.5. The Bertz CT molecular complexity index is 1120. The van der Waals surface area contributed by atoms with Gasteiger partial charge in [0.15, 0.2) is 0 Å². The molecule has 3 amide bonds. The summed E-state index contributed by atoms with van der Waals surface area (Å²) >= 11 is 0. The number of Topliss-reactive ketones (excluding diaryl/α,β-unsaturated/α-hetero) is 1. The van der Waals surface area contributed by atoms with Gasteiger partial charge in [-0.1, -0.05) is 0 Å². The van der Waals surface area contributed by atoms with Crippen molar-refractivity contribution in [1.29, 1.82) is 0 Å². The number of aryl methyl sites for hydroxylation is 1. The van der Waals surface area contributed by atoms with Crippen molar-refractivity contribution >= 4 is 29.2 Å². The summed E-state index contributed by atoms with van der Waals surface area (Å²) in [6.45, 7) is 6.26. The number of ether oxygens (including phenoxy) is 1. The Hall–Kier alpha value is -3.53. The van der Waals surface area contributed by atoms with Crippen molar-refractivity contribution in [2.45, 2.75) is 20.8 Å². The van der Waals surface area contributed by atoms with Crippen molar-refractivity contribution in [3.05, 3.63) is 52.1 Å². The minimum atomic E-state index is -0.929. The molecule has 10 heteroatoms. The molecule has 2 N–H and O–H groups in total. The highest BCUT2D eigenvalue weighted by molar-refractivity contribution is 6.43. The third kappa shape index (κ3) is 5.11. The molecule has 1 aromatic heterocycles. The number of amides is 3. The molecule has 9 nitrogen and oxygen atoms in total. The molecule has 0 spiro atoms. The van der Waals surface area contributed by atoms with Gasteiger partial charge in [0.1, 0.15) is 5.82 Å². The van der Waals surface area contributed by atoms with Crippen LogP contribution in [0, 0.1) is 26.6 Å². The molecular weight excluding hydrogens is 431 g/mol. The molecular formula is C23H27FN4O5. The number of rotatable bonds is 6. The maximum absolute atomic E-state index is 13.5. The van der Waals surface area contributed by atoms with Crippen LogP contribution in [-0.4, -0.2) is 65.8 Å². The van der Waals surface area contributed by atoms with E-state index in [9.17, 15) is 23.6 Å². The molecule has 33 heavy (non-hydrogen) atoms. The number of morpholine rings is 1. The highest BCUT2D eigenvalue weighted by Crippen LogP contribution is 2.23. The Morgan fingerprint density at radius 3 is 2.39 bits per heavy atom. The summed E-state index contributed by atoms with van der Waals surface area (Å²) in [5.41, 5.74) is 1.93. The van der Waals surface area contributed by atoms with Crippen molar-refractivity contribution in [2.24, 2.45) is 7.05 Å². The summed E-state index contributed by atoms with van der Waals surface area (Å²) in [7, 11) is 1.58. The third-order valence-electron chi connectivity index (χ3n) is 5.76. The van der Waals surface area contributed by atoms with Crippen molar-refractivity contribution in [1.82, 2.24) is 14.8 Å². The number of nitrogens with zero attached hydrogens (tertiary/aromatic N) is 2. The number of halogens is 1. The predicted molar refractivity (Wildman–Crippen MR) is 119 cm³/mol. The number of carbonyl (C=O) groups is 4. The van der Waals surface area contributed by atoms with Crippen LogP contribution in [0.1, 0.15) is 37.7 Å². The summed E-state index contributed by atoms with van der Waals surface area (Å²) in [5, 5.41) is 5.07. The van der Waals surface area contributed by atoms with Gasteiger partial charge in [-0.2, -0.15) is 0 Å². The molecule has 0 atom stereocenters. The average Bonchev–Trinajstić information content (AvgIpc) is 3.02. The van der Waals surface area contributed by atoms with E-state index in [0.29, 0.717) is 48.8 Å². The second kappa shape index (κ2) is 9.95. The third-order valence-corrected chi connectivity index (χ3v) is 5.76. The predicted octanol–water partition coefficient (Wildman–Crippen LogP) is 1.50. The first-order valence-electron chi connectivity index (χ1n) is 10.5. The molecule has 3 rings (SSSR count). The Kier molecular flexibility index (Phi) is 7.27. The molecule has 1 aliphatic rings. The zero-order valence-electron chi connectivity index (χ0n) is 19.1. The first kappa shape index (κ1) is 24.1. The zero-order valence-corrected chi connectivity index (χ0v) is 19.1. The van der Waals surface area contributed by atoms with Crippen molar-refractivity contribution in [3.8, 4) is 0 Å². The molecule has 0 saturated carbocycles. The zero-order chi connectivity index (χ0) is 24.3. The van der Waals surface area contributed by atoms with E-state index in [-0.39, 0.29) is 29.5 Å². The molecule has 1 aliphatic heterocycles. The smallest absolute Gasteiger partial charge is 0.294 e. The van der Waals surface area contributed by atoms with Crippen LogP contribution in [0.15, 0.2) is 18.2 Å². The van der Waals surface area contributed by atoms with Gasteiger partial charge in [-0.25, -0.2) is 4.39 Å². The quantitative estimate of drug-likeness (QED) is 0.504. The van der Waals surface area contributed by atoms with E-state index in [1.165, 1.54) is 22.8 Å².